The van der Waals surface area contributed by atoms with Gasteiger partial charge in [0, 0.05) is 6.07 Å². The molecule has 1 aliphatic heterocycles. The molecule has 0 saturated heterocycles. The van der Waals surface area contributed by atoms with Gasteiger partial charge >= 0.3 is 0 Å². The van der Waals surface area contributed by atoms with Crippen LogP contribution in [0.5, 0.6) is 0 Å². The number of rotatable bonds is 1. The molecule has 0 spiro atoms. The number of hydrogen-bond acceptors (Lipinski definition) is 6. The molecule has 0 radical (unpaired) electrons. The first-order valence-corrected chi connectivity index (χ1v) is 7.82. The third kappa shape index (κ3) is 1.88. The summed E-state index contributed by atoms with van der Waals surface area (Å²) in [4.78, 5) is -0.298. The van der Waals surface area contributed by atoms with Crippen LogP contribution in [0.25, 0.3) is 0 Å². The summed E-state index contributed by atoms with van der Waals surface area (Å²) in [6, 6.07) is 0.846. The van der Waals surface area contributed by atoms with Gasteiger partial charge in [-0.2, -0.15) is 0 Å². The summed E-state index contributed by atoms with van der Waals surface area (Å²) in [6.45, 7) is 1.44. The smallest absolute Gasteiger partial charge is 0.271 e. The molecule has 2 heterocycles. The van der Waals surface area contributed by atoms with Gasteiger partial charge in [-0.1, -0.05) is 0 Å². The molecule has 0 aliphatic carbocycles. The lowest BCUT2D eigenvalue weighted by Gasteiger charge is -2.21. The van der Waals surface area contributed by atoms with Crippen LogP contribution in [0.3, 0.4) is 0 Å². The van der Waals surface area contributed by atoms with E-state index in [9.17, 15) is 21.9 Å². The highest BCUT2D eigenvalue weighted by Gasteiger charge is 2.40. The normalized spacial score (nSPS) is 27.7. The Morgan fingerprint density at radius 3 is 2.65 bits per heavy atom. The van der Waals surface area contributed by atoms with Crippen molar-refractivity contribution in [3.63, 3.8) is 0 Å². The van der Waals surface area contributed by atoms with Gasteiger partial charge < -0.3 is 9.52 Å². The molecule has 7 nitrogen and oxygen atoms in total. The monoisotopic (exact) mass is 281 g/mol. The van der Waals surface area contributed by atoms with E-state index in [1.54, 1.807) is 0 Å². The van der Waals surface area contributed by atoms with Crippen LogP contribution in [-0.4, -0.2) is 27.2 Å². The van der Waals surface area contributed by atoms with Gasteiger partial charge in [0.05, 0.1) is 5.25 Å². The van der Waals surface area contributed by atoms with E-state index in [-0.39, 0.29) is 17.1 Å². The zero-order valence-corrected chi connectivity index (χ0v) is 10.5. The first-order valence-electron chi connectivity index (χ1n) is 4.72. The van der Waals surface area contributed by atoms with E-state index >= 15 is 0 Å². The van der Waals surface area contributed by atoms with E-state index in [1.165, 1.54) is 6.92 Å². The Morgan fingerprint density at radius 1 is 1.53 bits per heavy atom. The van der Waals surface area contributed by atoms with Crippen molar-refractivity contribution < 1.29 is 26.4 Å². The number of furan rings is 1. The van der Waals surface area contributed by atoms with E-state index in [0.717, 1.165) is 6.07 Å². The van der Waals surface area contributed by atoms with Crippen LogP contribution < -0.4 is 5.14 Å². The Bertz CT molecular complexity index is 656. The van der Waals surface area contributed by atoms with Gasteiger partial charge in [-0.3, -0.25) is 0 Å². The predicted octanol–water partition coefficient (Wildman–Crippen LogP) is -0.474. The molecule has 17 heavy (non-hydrogen) atoms. The third-order valence-electron chi connectivity index (χ3n) is 2.68. The summed E-state index contributed by atoms with van der Waals surface area (Å²) in [6.07, 6.45) is -1.17. The van der Waals surface area contributed by atoms with Gasteiger partial charge in [-0.15, -0.1) is 0 Å². The number of aliphatic hydroxyl groups excluding tert-OH is 1. The maximum absolute atomic E-state index is 11.9. The Balaban J connectivity index is 2.73. The summed E-state index contributed by atoms with van der Waals surface area (Å²) in [5.41, 5.74) is 0. The molecule has 2 unspecified atom stereocenters. The van der Waals surface area contributed by atoms with Gasteiger partial charge in [0.25, 0.3) is 10.0 Å². The van der Waals surface area contributed by atoms with Crippen molar-refractivity contribution in [2.24, 2.45) is 5.14 Å². The average molecular weight is 281 g/mol. The molecule has 96 valence electrons. The van der Waals surface area contributed by atoms with Crippen LogP contribution in [0.1, 0.15) is 25.2 Å². The zero-order chi connectivity index (χ0) is 13.0. The summed E-state index contributed by atoms with van der Waals surface area (Å²) in [5, 5.41) is 13.0. The molecule has 2 rings (SSSR count). The summed E-state index contributed by atoms with van der Waals surface area (Å²) >= 11 is 0. The van der Waals surface area contributed by atoms with Crippen molar-refractivity contribution in [1.82, 2.24) is 0 Å². The molecule has 0 fully saturated rings. The first-order chi connectivity index (χ1) is 7.64. The SMILES string of the molecule is CC1CC(O)c2oc(S(N)(=O)=O)cc2S1(=O)=O. The first kappa shape index (κ1) is 12.6. The van der Waals surface area contributed by atoms with E-state index in [2.05, 4.69) is 0 Å². The number of aliphatic hydroxyl groups is 1. The minimum atomic E-state index is -4.13. The number of sulfone groups is 1. The second kappa shape index (κ2) is 3.55. The van der Waals surface area contributed by atoms with Crippen molar-refractivity contribution >= 4 is 19.9 Å². The lowest BCUT2D eigenvalue weighted by molar-refractivity contribution is 0.127. The largest absolute Gasteiger partial charge is 0.444 e. The standard InChI is InChI=1S/C8H11NO6S2/c1-4-2-5(10)8-6(16(4,11)12)3-7(15-8)17(9,13)14/h3-5,10H,2H2,1H3,(H2,9,13,14). The van der Waals surface area contributed by atoms with Crippen LogP contribution in [0.2, 0.25) is 0 Å². The molecule has 9 heteroatoms. The third-order valence-corrected chi connectivity index (χ3v) is 5.62. The topological polar surface area (TPSA) is 128 Å². The fourth-order valence-corrected chi connectivity index (χ4v) is 3.89. The van der Waals surface area contributed by atoms with Crippen molar-refractivity contribution in [3.8, 4) is 0 Å². The molecule has 0 amide bonds. The average Bonchev–Trinajstić information content (AvgIpc) is 2.59. The molecule has 2 atom stereocenters. The number of fused-ring (bicyclic) bond motifs is 1. The Morgan fingerprint density at radius 2 is 2.12 bits per heavy atom. The van der Waals surface area contributed by atoms with E-state index < -0.39 is 36.3 Å². The van der Waals surface area contributed by atoms with Gasteiger partial charge in [0.2, 0.25) is 5.09 Å². The quantitative estimate of drug-likeness (QED) is 0.716. The van der Waals surface area contributed by atoms with Gasteiger partial charge in [-0.05, 0) is 13.3 Å². The molecule has 0 bridgehead atoms. The number of nitrogens with two attached hydrogens (primary N) is 1. The molecule has 1 aromatic rings. The zero-order valence-electron chi connectivity index (χ0n) is 8.82. The van der Waals surface area contributed by atoms with Crippen LogP contribution in [0.15, 0.2) is 20.5 Å². The van der Waals surface area contributed by atoms with Gasteiger partial charge in [0.1, 0.15) is 11.0 Å². The molecule has 1 aliphatic rings. The van der Waals surface area contributed by atoms with Crippen molar-refractivity contribution in [2.45, 2.75) is 34.7 Å². The van der Waals surface area contributed by atoms with E-state index in [1.807, 2.05) is 0 Å². The second-order valence-electron chi connectivity index (χ2n) is 3.95. The minimum Gasteiger partial charge on any atom is -0.444 e. The second-order valence-corrected chi connectivity index (χ2v) is 7.77. The molecule has 1 aromatic heterocycles. The Labute approximate surface area is 98.2 Å². The molecule has 0 saturated carbocycles. The molecular formula is C8H11NO6S2. The lowest BCUT2D eigenvalue weighted by Crippen LogP contribution is -2.26. The summed E-state index contributed by atoms with van der Waals surface area (Å²) in [7, 11) is -7.80. The Kier molecular flexibility index (Phi) is 2.62. The van der Waals surface area contributed by atoms with E-state index in [4.69, 9.17) is 9.56 Å². The maximum atomic E-state index is 11.9. The minimum absolute atomic E-state index is 0.0348. The summed E-state index contributed by atoms with van der Waals surface area (Å²) < 4.78 is 50.7. The van der Waals surface area contributed by atoms with Crippen LogP contribution in [0.4, 0.5) is 0 Å². The molecule has 0 aromatic carbocycles. The number of sulfonamides is 1. The fourth-order valence-electron chi connectivity index (χ4n) is 1.73. The lowest BCUT2D eigenvalue weighted by atomic mass is 10.1. The molecule has 3 N–H and O–H groups in total. The number of hydrogen-bond donors (Lipinski definition) is 2. The van der Waals surface area contributed by atoms with Crippen molar-refractivity contribution in [2.75, 3.05) is 0 Å². The fraction of sp³-hybridized carbons (Fsp3) is 0.500. The maximum Gasteiger partial charge on any atom is 0.271 e. The molecular weight excluding hydrogens is 270 g/mol. The van der Waals surface area contributed by atoms with Gasteiger partial charge in [0.15, 0.2) is 15.6 Å². The highest BCUT2D eigenvalue weighted by Crippen LogP contribution is 2.38. The van der Waals surface area contributed by atoms with Gasteiger partial charge in [-0.25, -0.2) is 22.0 Å². The number of primary sulfonamides is 1. The summed E-state index contributed by atoms with van der Waals surface area (Å²) in [5.74, 6) is -0.257. The Hall–Kier alpha value is -0.900. The van der Waals surface area contributed by atoms with E-state index in [0.29, 0.717) is 0 Å². The van der Waals surface area contributed by atoms with Crippen molar-refractivity contribution in [1.29, 1.82) is 0 Å². The van der Waals surface area contributed by atoms with Crippen LogP contribution in [0, 0.1) is 0 Å². The predicted molar refractivity (Wildman–Crippen MR) is 56.3 cm³/mol. The highest BCUT2D eigenvalue weighted by atomic mass is 32.2. The highest BCUT2D eigenvalue weighted by molar-refractivity contribution is 7.92. The van der Waals surface area contributed by atoms with Crippen molar-refractivity contribution in [3.05, 3.63) is 11.8 Å². The van der Waals surface area contributed by atoms with Crippen LogP contribution in [-0.2, 0) is 19.9 Å². The van der Waals surface area contributed by atoms with Crippen LogP contribution >= 0.6 is 0 Å².